The quantitative estimate of drug-likeness (QED) is 0.737. The molecule has 1 rings (SSSR count). The van der Waals surface area contributed by atoms with Crippen molar-refractivity contribution < 1.29 is 9.18 Å². The monoisotopic (exact) mass is 211 g/mol. The lowest BCUT2D eigenvalue weighted by atomic mass is 10.1. The first kappa shape index (κ1) is 11.6. The third kappa shape index (κ3) is 4.03. The first-order chi connectivity index (χ1) is 7.11. The Labute approximate surface area is 87.7 Å². The van der Waals surface area contributed by atoms with Gasteiger partial charge in [0.25, 0.3) is 0 Å². The van der Waals surface area contributed by atoms with E-state index < -0.39 is 5.95 Å². The summed E-state index contributed by atoms with van der Waals surface area (Å²) in [4.78, 5) is 14.8. The molecule has 4 nitrogen and oxygen atoms in total. The predicted molar refractivity (Wildman–Crippen MR) is 55.7 cm³/mol. The molecule has 0 spiro atoms. The van der Waals surface area contributed by atoms with Crippen LogP contribution in [0.15, 0.2) is 18.2 Å². The van der Waals surface area contributed by atoms with Gasteiger partial charge >= 0.3 is 0 Å². The molecule has 0 aromatic carbocycles. The minimum absolute atomic E-state index is 0.168. The Hall–Kier alpha value is -1.49. The minimum Gasteiger partial charge on any atom is -0.327 e. The fourth-order valence-electron chi connectivity index (χ4n) is 1.05. The van der Waals surface area contributed by atoms with Crippen LogP contribution in [0.2, 0.25) is 0 Å². The lowest BCUT2D eigenvalue weighted by Crippen LogP contribution is -2.26. The normalized spacial score (nSPS) is 12.2. The van der Waals surface area contributed by atoms with Gasteiger partial charge in [0.05, 0.1) is 0 Å². The number of carbonyl (C=O) groups is 1. The van der Waals surface area contributed by atoms with Gasteiger partial charge in [-0.05, 0) is 18.6 Å². The lowest BCUT2D eigenvalue weighted by molar-refractivity contribution is -0.116. The van der Waals surface area contributed by atoms with E-state index in [1.54, 1.807) is 0 Å². The molecule has 0 saturated heterocycles. The van der Waals surface area contributed by atoms with Crippen LogP contribution in [-0.4, -0.2) is 16.9 Å². The van der Waals surface area contributed by atoms with E-state index in [1.165, 1.54) is 18.2 Å². The minimum atomic E-state index is -0.618. The fourth-order valence-corrected chi connectivity index (χ4v) is 1.05. The Morgan fingerprint density at radius 3 is 3.00 bits per heavy atom. The summed E-state index contributed by atoms with van der Waals surface area (Å²) in [6, 6.07) is 4.06. The van der Waals surface area contributed by atoms with Crippen molar-refractivity contribution in [3.8, 4) is 0 Å². The molecule has 3 N–H and O–H groups in total. The van der Waals surface area contributed by atoms with Crippen LogP contribution in [0.5, 0.6) is 0 Å². The van der Waals surface area contributed by atoms with Gasteiger partial charge in [-0.1, -0.05) is 13.0 Å². The molecule has 0 fully saturated rings. The van der Waals surface area contributed by atoms with Crippen molar-refractivity contribution in [3.05, 3.63) is 24.1 Å². The SMILES string of the molecule is CCC(N)CC(=O)Nc1cccc(F)n1. The molecule has 0 bridgehead atoms. The second-order valence-corrected chi connectivity index (χ2v) is 3.27. The third-order valence-corrected chi connectivity index (χ3v) is 1.95. The summed E-state index contributed by atoms with van der Waals surface area (Å²) < 4.78 is 12.7. The molecule has 0 radical (unpaired) electrons. The molecule has 1 aromatic rings. The van der Waals surface area contributed by atoms with Gasteiger partial charge in [-0.2, -0.15) is 4.39 Å². The highest BCUT2D eigenvalue weighted by Gasteiger charge is 2.08. The molecular weight excluding hydrogens is 197 g/mol. The van der Waals surface area contributed by atoms with E-state index in [0.29, 0.717) is 0 Å². The average molecular weight is 211 g/mol. The second kappa shape index (κ2) is 5.41. The van der Waals surface area contributed by atoms with Crippen molar-refractivity contribution in [3.63, 3.8) is 0 Å². The van der Waals surface area contributed by atoms with Crippen molar-refractivity contribution >= 4 is 11.7 Å². The molecule has 82 valence electrons. The van der Waals surface area contributed by atoms with Gasteiger partial charge in [-0.25, -0.2) is 4.98 Å². The highest BCUT2D eigenvalue weighted by molar-refractivity contribution is 5.90. The van der Waals surface area contributed by atoms with E-state index in [1.807, 2.05) is 6.92 Å². The van der Waals surface area contributed by atoms with E-state index >= 15 is 0 Å². The third-order valence-electron chi connectivity index (χ3n) is 1.95. The highest BCUT2D eigenvalue weighted by Crippen LogP contribution is 2.04. The van der Waals surface area contributed by atoms with Crippen molar-refractivity contribution in [2.45, 2.75) is 25.8 Å². The summed E-state index contributed by atoms with van der Waals surface area (Å²) in [5.74, 6) is -0.654. The van der Waals surface area contributed by atoms with Gasteiger partial charge in [0.1, 0.15) is 5.82 Å². The summed E-state index contributed by atoms with van der Waals surface area (Å²) in [7, 11) is 0. The molecule has 0 saturated carbocycles. The maximum absolute atomic E-state index is 12.7. The standard InChI is InChI=1S/C10H14FN3O/c1-2-7(12)6-10(15)14-9-5-3-4-8(11)13-9/h3-5,7H,2,6,12H2,1H3,(H,13,14,15). The Balaban J connectivity index is 2.51. The summed E-state index contributed by atoms with van der Waals surface area (Å²) in [6.45, 7) is 1.90. The Morgan fingerprint density at radius 2 is 2.40 bits per heavy atom. The molecule has 1 unspecified atom stereocenters. The van der Waals surface area contributed by atoms with Gasteiger partial charge in [0.2, 0.25) is 11.9 Å². The van der Waals surface area contributed by atoms with Crippen molar-refractivity contribution in [2.75, 3.05) is 5.32 Å². The van der Waals surface area contributed by atoms with Crippen molar-refractivity contribution in [1.29, 1.82) is 0 Å². The van der Waals surface area contributed by atoms with Gasteiger partial charge in [-0.15, -0.1) is 0 Å². The first-order valence-corrected chi connectivity index (χ1v) is 4.79. The van der Waals surface area contributed by atoms with Crippen molar-refractivity contribution in [2.24, 2.45) is 5.73 Å². The van der Waals surface area contributed by atoms with Crippen LogP contribution in [0.4, 0.5) is 10.2 Å². The van der Waals surface area contributed by atoms with Crippen LogP contribution < -0.4 is 11.1 Å². The zero-order valence-corrected chi connectivity index (χ0v) is 8.53. The van der Waals surface area contributed by atoms with Crippen LogP contribution >= 0.6 is 0 Å². The number of hydrogen-bond acceptors (Lipinski definition) is 3. The molecule has 1 heterocycles. The predicted octanol–water partition coefficient (Wildman–Crippen LogP) is 1.29. The second-order valence-electron chi connectivity index (χ2n) is 3.27. The number of nitrogens with one attached hydrogen (secondary N) is 1. The molecule has 0 aliphatic carbocycles. The largest absolute Gasteiger partial charge is 0.327 e. The molecule has 1 aromatic heterocycles. The maximum atomic E-state index is 12.7. The lowest BCUT2D eigenvalue weighted by Gasteiger charge is -2.08. The summed E-state index contributed by atoms with van der Waals surface area (Å²) in [6.07, 6.45) is 0.943. The molecule has 0 aliphatic heterocycles. The number of nitrogens with two attached hydrogens (primary N) is 1. The molecular formula is C10H14FN3O. The Kier molecular flexibility index (Phi) is 4.17. The Bertz CT molecular complexity index is 343. The number of hydrogen-bond donors (Lipinski definition) is 2. The first-order valence-electron chi connectivity index (χ1n) is 4.79. The molecule has 5 heteroatoms. The van der Waals surface area contributed by atoms with Gasteiger partial charge in [0, 0.05) is 12.5 Å². The van der Waals surface area contributed by atoms with Crippen LogP contribution in [0.1, 0.15) is 19.8 Å². The summed E-state index contributed by atoms with van der Waals surface area (Å²) >= 11 is 0. The van der Waals surface area contributed by atoms with E-state index in [0.717, 1.165) is 6.42 Å². The Morgan fingerprint density at radius 1 is 1.67 bits per heavy atom. The topological polar surface area (TPSA) is 68.0 Å². The van der Waals surface area contributed by atoms with Gasteiger partial charge in [0.15, 0.2) is 0 Å². The van der Waals surface area contributed by atoms with Crippen molar-refractivity contribution in [1.82, 2.24) is 4.98 Å². The maximum Gasteiger partial charge on any atom is 0.227 e. The number of amides is 1. The highest BCUT2D eigenvalue weighted by atomic mass is 19.1. The fraction of sp³-hybridized carbons (Fsp3) is 0.400. The molecule has 1 amide bonds. The molecule has 15 heavy (non-hydrogen) atoms. The van der Waals surface area contributed by atoms with Crippen LogP contribution in [0.3, 0.4) is 0 Å². The van der Waals surface area contributed by atoms with E-state index in [4.69, 9.17) is 5.73 Å². The number of aromatic nitrogens is 1. The van der Waals surface area contributed by atoms with Crippen LogP contribution in [0.25, 0.3) is 0 Å². The van der Waals surface area contributed by atoms with E-state index in [2.05, 4.69) is 10.3 Å². The number of carbonyl (C=O) groups excluding carboxylic acids is 1. The van der Waals surface area contributed by atoms with Gasteiger partial charge in [-0.3, -0.25) is 4.79 Å². The average Bonchev–Trinajstić information content (AvgIpc) is 2.17. The summed E-state index contributed by atoms with van der Waals surface area (Å²) in [5, 5.41) is 2.48. The molecule has 0 aliphatic rings. The number of halogens is 1. The van der Waals surface area contributed by atoms with E-state index in [-0.39, 0.29) is 24.2 Å². The smallest absolute Gasteiger partial charge is 0.227 e. The number of nitrogens with zero attached hydrogens (tertiary/aromatic N) is 1. The number of pyridine rings is 1. The van der Waals surface area contributed by atoms with Crippen LogP contribution in [0, 0.1) is 5.95 Å². The van der Waals surface area contributed by atoms with Crippen LogP contribution in [-0.2, 0) is 4.79 Å². The molecule has 1 atom stereocenters. The zero-order chi connectivity index (χ0) is 11.3. The van der Waals surface area contributed by atoms with E-state index in [9.17, 15) is 9.18 Å². The summed E-state index contributed by atoms with van der Waals surface area (Å²) in [5.41, 5.74) is 5.60. The van der Waals surface area contributed by atoms with Gasteiger partial charge < -0.3 is 11.1 Å². The zero-order valence-electron chi connectivity index (χ0n) is 8.53. The number of anilines is 1. The number of rotatable bonds is 4.